The Labute approximate surface area is 150 Å². The Bertz CT molecular complexity index is 859. The first-order valence-corrected chi connectivity index (χ1v) is 8.60. The van der Waals surface area contributed by atoms with Crippen molar-refractivity contribution in [1.29, 1.82) is 0 Å². The number of methoxy groups -OCH3 is 1. The van der Waals surface area contributed by atoms with Gasteiger partial charge in [-0.3, -0.25) is 4.57 Å². The highest BCUT2D eigenvalue weighted by atomic mass is 16.5. The maximum atomic E-state index is 11.6. The summed E-state index contributed by atoms with van der Waals surface area (Å²) in [6.07, 6.45) is 8.95. The van der Waals surface area contributed by atoms with E-state index in [9.17, 15) is 14.7 Å². The summed E-state index contributed by atoms with van der Waals surface area (Å²) in [4.78, 5) is 25.6. The fourth-order valence-corrected chi connectivity index (χ4v) is 3.11. The largest absolute Gasteiger partial charge is 0.493 e. The summed E-state index contributed by atoms with van der Waals surface area (Å²) in [7, 11) is 1.58. The molecule has 0 unspecified atom stereocenters. The summed E-state index contributed by atoms with van der Waals surface area (Å²) in [6, 6.07) is 5.40. The van der Waals surface area contributed by atoms with Crippen molar-refractivity contribution in [2.45, 2.75) is 38.2 Å². The molecule has 0 atom stereocenters. The van der Waals surface area contributed by atoms with Gasteiger partial charge in [-0.25, -0.2) is 9.59 Å². The van der Waals surface area contributed by atoms with Crippen LogP contribution in [-0.2, 0) is 11.2 Å². The molecule has 7 nitrogen and oxygen atoms in total. The zero-order chi connectivity index (χ0) is 18.5. The topological polar surface area (TPSA) is 93.6 Å². The lowest BCUT2D eigenvalue weighted by Crippen LogP contribution is -2.14. The highest BCUT2D eigenvalue weighted by molar-refractivity contribution is 5.90. The monoisotopic (exact) mass is 358 g/mol. The Balaban J connectivity index is 1.85. The van der Waals surface area contributed by atoms with E-state index < -0.39 is 5.97 Å². The highest BCUT2D eigenvalue weighted by Gasteiger charge is 2.19. The van der Waals surface area contributed by atoms with Crippen LogP contribution in [0.2, 0.25) is 0 Å². The van der Waals surface area contributed by atoms with E-state index in [4.69, 9.17) is 9.47 Å². The standard InChI is InChI=1S/C19H22N2O5/c1-25-16-7-6-13(11-17(16)26-15-4-2-3-5-15)10-14(18(22)23)12-21-9-8-20-19(21)24/h6-9,11-12,15H,2-5,10H2,1H3,(H,20,24)(H,22,23). The number of carboxylic acids is 1. The van der Waals surface area contributed by atoms with Gasteiger partial charge in [0.1, 0.15) is 0 Å². The molecule has 1 heterocycles. The van der Waals surface area contributed by atoms with Crippen LogP contribution in [0.15, 0.2) is 41.0 Å². The first-order valence-electron chi connectivity index (χ1n) is 8.60. The van der Waals surface area contributed by atoms with Crippen molar-refractivity contribution in [3.05, 3.63) is 52.2 Å². The Morgan fingerprint density at radius 3 is 2.73 bits per heavy atom. The van der Waals surface area contributed by atoms with Crippen LogP contribution in [-0.4, -0.2) is 33.8 Å². The second-order valence-corrected chi connectivity index (χ2v) is 6.32. The maximum Gasteiger partial charge on any atom is 0.333 e. The second kappa shape index (κ2) is 7.95. The number of hydrogen-bond acceptors (Lipinski definition) is 4. The SMILES string of the molecule is COc1ccc(CC(=Cn2cc[nH]c2=O)C(=O)O)cc1OC1CCCC1. The number of benzene rings is 1. The Kier molecular flexibility index (Phi) is 5.46. The molecule has 0 saturated heterocycles. The van der Waals surface area contributed by atoms with E-state index in [1.165, 1.54) is 23.2 Å². The van der Waals surface area contributed by atoms with Gasteiger partial charge >= 0.3 is 11.7 Å². The predicted molar refractivity (Wildman–Crippen MR) is 96.5 cm³/mol. The molecule has 1 fully saturated rings. The Morgan fingerprint density at radius 1 is 1.35 bits per heavy atom. The molecule has 0 amide bonds. The highest BCUT2D eigenvalue weighted by Crippen LogP contribution is 2.33. The van der Waals surface area contributed by atoms with Crippen LogP contribution in [0.5, 0.6) is 11.5 Å². The van der Waals surface area contributed by atoms with E-state index in [0.717, 1.165) is 31.2 Å². The minimum Gasteiger partial charge on any atom is -0.493 e. The number of rotatable bonds is 7. The summed E-state index contributed by atoms with van der Waals surface area (Å²) in [6.45, 7) is 0. The van der Waals surface area contributed by atoms with Gasteiger partial charge in [-0.1, -0.05) is 6.07 Å². The van der Waals surface area contributed by atoms with E-state index in [1.54, 1.807) is 19.2 Å². The van der Waals surface area contributed by atoms with E-state index in [-0.39, 0.29) is 23.8 Å². The molecule has 1 aliphatic rings. The molecular formula is C19H22N2O5. The van der Waals surface area contributed by atoms with Gasteiger partial charge in [-0.15, -0.1) is 0 Å². The van der Waals surface area contributed by atoms with Crippen molar-refractivity contribution >= 4 is 12.2 Å². The summed E-state index contributed by atoms with van der Waals surface area (Å²) in [5.41, 5.74) is 0.489. The molecule has 0 bridgehead atoms. The van der Waals surface area contributed by atoms with Crippen LogP contribution in [0, 0.1) is 0 Å². The molecule has 1 aromatic carbocycles. The average molecular weight is 358 g/mol. The molecular weight excluding hydrogens is 336 g/mol. The number of carbonyl (C=O) groups is 1. The first kappa shape index (κ1) is 17.8. The molecule has 0 spiro atoms. The number of carboxylic acid groups (broad SMARTS) is 1. The maximum absolute atomic E-state index is 11.6. The van der Waals surface area contributed by atoms with Crippen molar-refractivity contribution in [2.24, 2.45) is 0 Å². The quantitative estimate of drug-likeness (QED) is 0.742. The van der Waals surface area contributed by atoms with E-state index >= 15 is 0 Å². The van der Waals surface area contributed by atoms with Crippen LogP contribution in [0.4, 0.5) is 0 Å². The summed E-state index contributed by atoms with van der Waals surface area (Å²) in [5.74, 6) is 0.177. The number of aromatic amines is 1. The molecule has 2 aromatic rings. The summed E-state index contributed by atoms with van der Waals surface area (Å²) >= 11 is 0. The number of aliphatic carboxylic acids is 1. The third-order valence-electron chi connectivity index (χ3n) is 4.46. The third kappa shape index (κ3) is 4.17. The number of hydrogen-bond donors (Lipinski definition) is 2. The van der Waals surface area contributed by atoms with Crippen molar-refractivity contribution in [2.75, 3.05) is 7.11 Å². The van der Waals surface area contributed by atoms with E-state index in [2.05, 4.69) is 4.98 Å². The van der Waals surface area contributed by atoms with Crippen molar-refractivity contribution in [1.82, 2.24) is 9.55 Å². The number of ether oxygens (including phenoxy) is 2. The van der Waals surface area contributed by atoms with E-state index in [0.29, 0.717) is 11.5 Å². The van der Waals surface area contributed by atoms with Crippen LogP contribution in [0.3, 0.4) is 0 Å². The summed E-state index contributed by atoms with van der Waals surface area (Å²) < 4.78 is 12.6. The van der Waals surface area contributed by atoms with Crippen LogP contribution in [0.25, 0.3) is 6.20 Å². The van der Waals surface area contributed by atoms with Gasteiger partial charge in [-0.05, 0) is 43.4 Å². The van der Waals surface area contributed by atoms with Crippen LogP contribution < -0.4 is 15.2 Å². The number of nitrogens with one attached hydrogen (secondary N) is 1. The average Bonchev–Trinajstić information content (AvgIpc) is 3.27. The number of H-pyrrole nitrogens is 1. The van der Waals surface area contributed by atoms with Crippen LogP contribution >= 0.6 is 0 Å². The van der Waals surface area contributed by atoms with Gasteiger partial charge in [0.2, 0.25) is 0 Å². The van der Waals surface area contributed by atoms with Gasteiger partial charge in [-0.2, -0.15) is 0 Å². The van der Waals surface area contributed by atoms with Gasteiger partial charge in [0, 0.05) is 25.0 Å². The molecule has 7 heteroatoms. The fraction of sp³-hybridized carbons (Fsp3) is 0.368. The third-order valence-corrected chi connectivity index (χ3v) is 4.46. The van der Waals surface area contributed by atoms with Gasteiger partial charge in [0.15, 0.2) is 11.5 Å². The van der Waals surface area contributed by atoms with Crippen molar-refractivity contribution in [3.63, 3.8) is 0 Å². The lowest BCUT2D eigenvalue weighted by Gasteiger charge is -2.17. The first-order chi connectivity index (χ1) is 12.6. The molecule has 0 aliphatic heterocycles. The van der Waals surface area contributed by atoms with Gasteiger partial charge < -0.3 is 19.6 Å². The molecule has 0 radical (unpaired) electrons. The van der Waals surface area contributed by atoms with E-state index in [1.807, 2.05) is 6.07 Å². The zero-order valence-electron chi connectivity index (χ0n) is 14.6. The smallest absolute Gasteiger partial charge is 0.333 e. The Morgan fingerprint density at radius 2 is 2.12 bits per heavy atom. The second-order valence-electron chi connectivity index (χ2n) is 6.32. The summed E-state index contributed by atoms with van der Waals surface area (Å²) in [5, 5.41) is 9.47. The minimum absolute atomic E-state index is 0.101. The molecule has 3 rings (SSSR count). The number of aromatic nitrogens is 2. The molecule has 2 N–H and O–H groups in total. The van der Waals surface area contributed by atoms with Crippen molar-refractivity contribution in [3.8, 4) is 11.5 Å². The van der Waals surface area contributed by atoms with Crippen LogP contribution in [0.1, 0.15) is 31.2 Å². The number of nitrogens with zero attached hydrogens (tertiary/aromatic N) is 1. The lowest BCUT2D eigenvalue weighted by molar-refractivity contribution is -0.132. The molecule has 1 aliphatic carbocycles. The lowest BCUT2D eigenvalue weighted by atomic mass is 10.1. The van der Waals surface area contributed by atoms with Gasteiger partial charge in [0.05, 0.1) is 18.8 Å². The van der Waals surface area contributed by atoms with Gasteiger partial charge in [0.25, 0.3) is 0 Å². The normalized spacial score (nSPS) is 15.2. The molecule has 26 heavy (non-hydrogen) atoms. The predicted octanol–water partition coefficient (Wildman–Crippen LogP) is 2.67. The number of imidazole rings is 1. The minimum atomic E-state index is -1.08. The van der Waals surface area contributed by atoms with Crippen molar-refractivity contribution < 1.29 is 19.4 Å². The molecule has 138 valence electrons. The fourth-order valence-electron chi connectivity index (χ4n) is 3.11. The zero-order valence-corrected chi connectivity index (χ0v) is 14.6. The Hall–Kier alpha value is -2.96. The molecule has 1 aromatic heterocycles. The molecule has 1 saturated carbocycles.